The average Bonchev–Trinajstić information content (AvgIpc) is 3.17. The lowest BCUT2D eigenvalue weighted by atomic mass is 9.93. The molecule has 0 bridgehead atoms. The van der Waals surface area contributed by atoms with E-state index in [0.29, 0.717) is 39.7 Å². The molecule has 2 heterocycles. The Kier molecular flexibility index (Phi) is 7.33. The van der Waals surface area contributed by atoms with Gasteiger partial charge in [-0.15, -0.1) is 0 Å². The van der Waals surface area contributed by atoms with Gasteiger partial charge < -0.3 is 29.0 Å². The Morgan fingerprint density at radius 1 is 0.973 bits per heavy atom. The maximum absolute atomic E-state index is 13.4. The zero-order chi connectivity index (χ0) is 26.7. The van der Waals surface area contributed by atoms with Gasteiger partial charge in [-0.25, -0.2) is 0 Å². The molecular weight excluding hydrogens is 476 g/mol. The maximum atomic E-state index is 13.4. The molecule has 2 aromatic carbocycles. The molecule has 1 aliphatic rings. The van der Waals surface area contributed by atoms with Crippen molar-refractivity contribution in [2.45, 2.75) is 19.5 Å². The van der Waals surface area contributed by atoms with Gasteiger partial charge in [-0.05, 0) is 60.0 Å². The lowest BCUT2D eigenvalue weighted by Crippen LogP contribution is -2.29. The molecule has 37 heavy (non-hydrogen) atoms. The summed E-state index contributed by atoms with van der Waals surface area (Å²) in [5, 5.41) is 11.5. The number of carbonyl (C=O) groups is 2. The first-order valence-corrected chi connectivity index (χ1v) is 11.5. The monoisotopic (exact) mass is 504 g/mol. The van der Waals surface area contributed by atoms with Crippen LogP contribution in [0.3, 0.4) is 0 Å². The van der Waals surface area contributed by atoms with Gasteiger partial charge in [0.2, 0.25) is 5.75 Å². The van der Waals surface area contributed by atoms with Crippen molar-refractivity contribution in [3.8, 4) is 23.0 Å². The molecule has 1 N–H and O–H groups in total. The second kappa shape index (κ2) is 10.6. The lowest BCUT2D eigenvalue weighted by Gasteiger charge is -2.26. The number of benzene rings is 2. The number of hydrogen-bond donors (Lipinski definition) is 1. The summed E-state index contributed by atoms with van der Waals surface area (Å²) in [5.41, 5.74) is 2.28. The molecule has 0 spiro atoms. The van der Waals surface area contributed by atoms with Crippen LogP contribution in [0.25, 0.3) is 5.76 Å². The number of pyridine rings is 1. The van der Waals surface area contributed by atoms with Gasteiger partial charge in [-0.1, -0.05) is 6.07 Å². The number of hydrogen-bond acceptors (Lipinski definition) is 8. The number of methoxy groups -OCH3 is 4. The molecule has 0 radical (unpaired) electrons. The number of carbonyl (C=O) groups excluding carboxylic acids is 2. The summed E-state index contributed by atoms with van der Waals surface area (Å²) in [6, 6.07) is 11.1. The number of ketones is 1. The van der Waals surface area contributed by atoms with Crippen LogP contribution >= 0.6 is 0 Å². The largest absolute Gasteiger partial charge is 0.507 e. The van der Waals surface area contributed by atoms with E-state index in [1.54, 1.807) is 62.8 Å². The van der Waals surface area contributed by atoms with Crippen molar-refractivity contribution in [1.29, 1.82) is 0 Å². The Balaban J connectivity index is 1.96. The molecule has 0 saturated carbocycles. The number of nitrogens with zero attached hydrogens (tertiary/aromatic N) is 2. The highest BCUT2D eigenvalue weighted by atomic mass is 16.5. The van der Waals surface area contributed by atoms with Crippen LogP contribution in [0.2, 0.25) is 0 Å². The van der Waals surface area contributed by atoms with Crippen molar-refractivity contribution in [3.63, 3.8) is 0 Å². The summed E-state index contributed by atoms with van der Waals surface area (Å²) in [6.45, 7) is 1.88. The number of amides is 1. The number of aryl methyl sites for hydroxylation is 1. The van der Waals surface area contributed by atoms with Crippen molar-refractivity contribution in [1.82, 2.24) is 9.88 Å². The fraction of sp³-hybridized carbons (Fsp3) is 0.250. The van der Waals surface area contributed by atoms with Crippen LogP contribution in [0.1, 0.15) is 28.3 Å². The van der Waals surface area contributed by atoms with Crippen LogP contribution in [-0.4, -0.2) is 55.1 Å². The summed E-state index contributed by atoms with van der Waals surface area (Å²) in [6.07, 6.45) is 3.25. The van der Waals surface area contributed by atoms with Crippen molar-refractivity contribution in [2.24, 2.45) is 0 Å². The van der Waals surface area contributed by atoms with E-state index in [1.165, 1.54) is 26.2 Å². The number of aliphatic hydroxyl groups is 1. The Labute approximate surface area is 214 Å². The highest BCUT2D eigenvalue weighted by Crippen LogP contribution is 2.46. The molecule has 1 atom stereocenters. The zero-order valence-corrected chi connectivity index (χ0v) is 21.3. The number of Topliss-reactive ketones (excluding diaryl/α,β-unsaturated/α-hetero) is 1. The minimum atomic E-state index is -0.935. The molecule has 1 aliphatic heterocycles. The van der Waals surface area contributed by atoms with E-state index >= 15 is 0 Å². The minimum Gasteiger partial charge on any atom is -0.507 e. The average molecular weight is 505 g/mol. The van der Waals surface area contributed by atoms with Gasteiger partial charge in [0, 0.05) is 24.5 Å². The van der Waals surface area contributed by atoms with E-state index in [1.807, 2.05) is 6.07 Å². The summed E-state index contributed by atoms with van der Waals surface area (Å²) in [7, 11) is 5.99. The van der Waals surface area contributed by atoms with Gasteiger partial charge in [0.15, 0.2) is 11.5 Å². The van der Waals surface area contributed by atoms with Crippen molar-refractivity contribution in [3.05, 3.63) is 82.7 Å². The predicted octanol–water partition coefficient (Wildman–Crippen LogP) is 4.05. The first-order chi connectivity index (χ1) is 17.8. The maximum Gasteiger partial charge on any atom is 0.295 e. The van der Waals surface area contributed by atoms with Crippen molar-refractivity contribution in [2.75, 3.05) is 28.4 Å². The quantitative estimate of drug-likeness (QED) is 0.278. The van der Waals surface area contributed by atoms with E-state index in [0.717, 1.165) is 5.56 Å². The zero-order valence-electron chi connectivity index (χ0n) is 21.3. The highest BCUT2D eigenvalue weighted by Gasteiger charge is 2.46. The van der Waals surface area contributed by atoms with Crippen LogP contribution in [0, 0.1) is 6.92 Å². The fourth-order valence-corrected chi connectivity index (χ4v) is 4.51. The summed E-state index contributed by atoms with van der Waals surface area (Å²) in [5.74, 6) is -0.151. The van der Waals surface area contributed by atoms with Gasteiger partial charge in [0.25, 0.3) is 11.7 Å². The molecule has 192 valence electrons. The van der Waals surface area contributed by atoms with Crippen LogP contribution in [0.5, 0.6) is 23.0 Å². The Morgan fingerprint density at radius 3 is 2.22 bits per heavy atom. The Bertz CT molecular complexity index is 1340. The molecule has 1 aromatic heterocycles. The SMILES string of the molecule is COc1ccc(C(O)=C2C(=O)C(=O)N(Cc3cccnc3)[C@H]2c2cc(OC)c(OC)c(OC)c2)c(C)c1. The van der Waals surface area contributed by atoms with Crippen LogP contribution in [-0.2, 0) is 16.1 Å². The molecule has 4 rings (SSSR count). The first-order valence-electron chi connectivity index (χ1n) is 11.5. The molecule has 9 heteroatoms. The van der Waals surface area contributed by atoms with Crippen LogP contribution in [0.15, 0.2) is 60.4 Å². The van der Waals surface area contributed by atoms with E-state index in [2.05, 4.69) is 4.98 Å². The summed E-state index contributed by atoms with van der Waals surface area (Å²) < 4.78 is 21.7. The predicted molar refractivity (Wildman–Crippen MR) is 136 cm³/mol. The van der Waals surface area contributed by atoms with E-state index < -0.39 is 17.7 Å². The van der Waals surface area contributed by atoms with E-state index in [4.69, 9.17) is 18.9 Å². The van der Waals surface area contributed by atoms with Crippen molar-refractivity contribution < 1.29 is 33.6 Å². The standard InChI is InChI=1S/C28H28N2O7/c1-16-11-19(34-2)8-9-20(16)25(31)23-24(18-12-21(35-3)27(37-5)22(13-18)36-4)30(28(33)26(23)32)15-17-7-6-10-29-14-17/h6-14,24,31H,15H2,1-5H3/t24-/m0/s1. The highest BCUT2D eigenvalue weighted by molar-refractivity contribution is 6.46. The van der Waals surface area contributed by atoms with Gasteiger partial charge in [-0.2, -0.15) is 0 Å². The second-order valence-corrected chi connectivity index (χ2v) is 8.43. The van der Waals surface area contributed by atoms with Crippen LogP contribution in [0.4, 0.5) is 0 Å². The molecule has 0 unspecified atom stereocenters. The van der Waals surface area contributed by atoms with E-state index in [9.17, 15) is 14.7 Å². The third-order valence-electron chi connectivity index (χ3n) is 6.31. The second-order valence-electron chi connectivity index (χ2n) is 8.43. The summed E-state index contributed by atoms with van der Waals surface area (Å²) in [4.78, 5) is 32.3. The smallest absolute Gasteiger partial charge is 0.295 e. The van der Waals surface area contributed by atoms with Gasteiger partial charge in [-0.3, -0.25) is 14.6 Å². The molecule has 1 saturated heterocycles. The van der Waals surface area contributed by atoms with Gasteiger partial charge >= 0.3 is 0 Å². The summed E-state index contributed by atoms with van der Waals surface area (Å²) >= 11 is 0. The number of aliphatic hydroxyl groups excluding tert-OH is 1. The lowest BCUT2D eigenvalue weighted by molar-refractivity contribution is -0.140. The Hall–Kier alpha value is -4.53. The van der Waals surface area contributed by atoms with Gasteiger partial charge in [0.1, 0.15) is 11.5 Å². The first kappa shape index (κ1) is 25.6. The minimum absolute atomic E-state index is 0.0450. The number of likely N-dealkylation sites (tertiary alicyclic amines) is 1. The Morgan fingerprint density at radius 2 is 1.68 bits per heavy atom. The van der Waals surface area contributed by atoms with E-state index in [-0.39, 0.29) is 17.9 Å². The molecule has 0 aliphatic carbocycles. The molecule has 1 amide bonds. The number of rotatable bonds is 8. The van der Waals surface area contributed by atoms with Gasteiger partial charge in [0.05, 0.1) is 40.1 Å². The normalized spacial score (nSPS) is 16.6. The topological polar surface area (TPSA) is 107 Å². The third-order valence-corrected chi connectivity index (χ3v) is 6.31. The van der Waals surface area contributed by atoms with Crippen molar-refractivity contribution >= 4 is 17.4 Å². The molecule has 9 nitrogen and oxygen atoms in total. The molecule has 3 aromatic rings. The molecule has 1 fully saturated rings. The number of ether oxygens (including phenoxy) is 4. The fourth-order valence-electron chi connectivity index (χ4n) is 4.51. The molecular formula is C28H28N2O7. The number of aromatic nitrogens is 1. The van der Waals surface area contributed by atoms with Crippen LogP contribution < -0.4 is 18.9 Å². The third kappa shape index (κ3) is 4.67.